The third-order valence-corrected chi connectivity index (χ3v) is 5.59. The van der Waals surface area contributed by atoms with Gasteiger partial charge in [-0.25, -0.2) is 0 Å². The van der Waals surface area contributed by atoms with Gasteiger partial charge in [0.2, 0.25) is 11.8 Å². The van der Waals surface area contributed by atoms with Gasteiger partial charge < -0.3 is 10.2 Å². The first-order chi connectivity index (χ1) is 10.9. The van der Waals surface area contributed by atoms with Crippen LogP contribution in [0.3, 0.4) is 0 Å². The molecule has 124 valence electrons. The first-order valence-corrected chi connectivity index (χ1v) is 8.68. The maximum Gasteiger partial charge on any atom is 0.240 e. The Labute approximate surface area is 142 Å². The molecule has 0 atom stereocenters. The summed E-state index contributed by atoms with van der Waals surface area (Å²) in [4.78, 5) is 27.4. The SMILES string of the molecule is Cc1c(Cl)cccc1NC(=O)C1(C(=O)N2CCC(C)CC2)CC1. The van der Waals surface area contributed by atoms with Gasteiger partial charge in [0.1, 0.15) is 5.41 Å². The summed E-state index contributed by atoms with van der Waals surface area (Å²) in [6.07, 6.45) is 3.33. The van der Waals surface area contributed by atoms with Gasteiger partial charge in [-0.15, -0.1) is 0 Å². The average Bonchev–Trinajstić information content (AvgIpc) is 3.34. The molecule has 1 N–H and O–H groups in total. The molecule has 2 amide bonds. The lowest BCUT2D eigenvalue weighted by Crippen LogP contribution is -2.46. The Balaban J connectivity index is 1.71. The van der Waals surface area contributed by atoms with Crippen LogP contribution in [0, 0.1) is 18.3 Å². The second-order valence-corrected chi connectivity index (χ2v) is 7.33. The number of anilines is 1. The van der Waals surface area contributed by atoms with Gasteiger partial charge in [0, 0.05) is 23.8 Å². The molecule has 3 rings (SSSR count). The van der Waals surface area contributed by atoms with Crippen LogP contribution in [0.15, 0.2) is 18.2 Å². The van der Waals surface area contributed by atoms with Crippen LogP contribution in [0.25, 0.3) is 0 Å². The molecule has 0 radical (unpaired) electrons. The molecule has 1 aliphatic carbocycles. The molecular formula is C18H23ClN2O2. The topological polar surface area (TPSA) is 49.4 Å². The van der Waals surface area contributed by atoms with Crippen LogP contribution >= 0.6 is 11.6 Å². The highest BCUT2D eigenvalue weighted by atomic mass is 35.5. The number of benzene rings is 1. The number of carbonyl (C=O) groups is 2. The lowest BCUT2D eigenvalue weighted by molar-refractivity contribution is -0.143. The predicted molar refractivity (Wildman–Crippen MR) is 91.5 cm³/mol. The summed E-state index contributed by atoms with van der Waals surface area (Å²) >= 11 is 6.10. The van der Waals surface area contributed by atoms with Crippen LogP contribution in [-0.2, 0) is 9.59 Å². The van der Waals surface area contributed by atoms with Gasteiger partial charge in [-0.3, -0.25) is 9.59 Å². The highest BCUT2D eigenvalue weighted by molar-refractivity contribution is 6.31. The van der Waals surface area contributed by atoms with Gasteiger partial charge in [0.15, 0.2) is 0 Å². The van der Waals surface area contributed by atoms with Crippen molar-refractivity contribution in [1.82, 2.24) is 4.90 Å². The molecule has 23 heavy (non-hydrogen) atoms. The van der Waals surface area contributed by atoms with Crippen molar-refractivity contribution in [2.75, 3.05) is 18.4 Å². The van der Waals surface area contributed by atoms with E-state index in [1.807, 2.05) is 17.9 Å². The van der Waals surface area contributed by atoms with E-state index in [1.165, 1.54) is 0 Å². The molecule has 0 aromatic heterocycles. The van der Waals surface area contributed by atoms with E-state index in [-0.39, 0.29) is 11.8 Å². The van der Waals surface area contributed by atoms with Crippen LogP contribution in [0.1, 0.15) is 38.2 Å². The minimum atomic E-state index is -0.852. The zero-order valence-electron chi connectivity index (χ0n) is 13.7. The Bertz CT molecular complexity index is 632. The Morgan fingerprint density at radius 2 is 1.91 bits per heavy atom. The molecule has 1 saturated carbocycles. The summed E-state index contributed by atoms with van der Waals surface area (Å²) in [5.74, 6) is 0.477. The third-order valence-electron chi connectivity index (χ3n) is 5.18. The van der Waals surface area contributed by atoms with Crippen molar-refractivity contribution in [3.8, 4) is 0 Å². The second kappa shape index (κ2) is 6.16. The molecular weight excluding hydrogens is 312 g/mol. The van der Waals surface area contributed by atoms with Crippen molar-refractivity contribution in [2.45, 2.75) is 39.5 Å². The Morgan fingerprint density at radius 1 is 1.26 bits per heavy atom. The molecule has 1 aromatic carbocycles. The smallest absolute Gasteiger partial charge is 0.240 e. The quantitative estimate of drug-likeness (QED) is 0.858. The van der Waals surface area contributed by atoms with Gasteiger partial charge in [-0.05, 0) is 56.2 Å². The fourth-order valence-corrected chi connectivity index (χ4v) is 3.34. The van der Waals surface area contributed by atoms with Crippen LogP contribution in [-0.4, -0.2) is 29.8 Å². The molecule has 0 spiro atoms. The van der Waals surface area contributed by atoms with Crippen molar-refractivity contribution in [3.05, 3.63) is 28.8 Å². The van der Waals surface area contributed by atoms with E-state index in [2.05, 4.69) is 12.2 Å². The molecule has 2 fully saturated rings. The highest BCUT2D eigenvalue weighted by Crippen LogP contribution is 2.48. The first kappa shape index (κ1) is 16.3. The molecule has 1 aromatic rings. The van der Waals surface area contributed by atoms with E-state index < -0.39 is 5.41 Å². The number of hydrogen-bond donors (Lipinski definition) is 1. The van der Waals surface area contributed by atoms with Crippen LogP contribution in [0.4, 0.5) is 5.69 Å². The standard InChI is InChI=1S/C18H23ClN2O2/c1-12-6-10-21(11-7-12)17(23)18(8-9-18)16(22)20-15-5-3-4-14(19)13(15)2/h3-5,12H,6-11H2,1-2H3,(H,20,22). The number of rotatable bonds is 3. The van der Waals surface area contributed by atoms with E-state index in [9.17, 15) is 9.59 Å². The number of hydrogen-bond acceptors (Lipinski definition) is 2. The maximum atomic E-state index is 12.8. The van der Waals surface area contributed by atoms with Crippen molar-refractivity contribution < 1.29 is 9.59 Å². The maximum absolute atomic E-state index is 12.8. The second-order valence-electron chi connectivity index (χ2n) is 6.92. The van der Waals surface area contributed by atoms with Crippen LogP contribution in [0.2, 0.25) is 5.02 Å². The largest absolute Gasteiger partial charge is 0.342 e. The third kappa shape index (κ3) is 3.09. The Hall–Kier alpha value is -1.55. The summed E-state index contributed by atoms with van der Waals surface area (Å²) in [5.41, 5.74) is 0.668. The average molecular weight is 335 g/mol. The Morgan fingerprint density at radius 3 is 2.52 bits per heavy atom. The van der Waals surface area contributed by atoms with E-state index in [0.29, 0.717) is 29.5 Å². The van der Waals surface area contributed by atoms with E-state index in [1.54, 1.807) is 12.1 Å². The molecule has 5 heteroatoms. The number of nitrogens with zero attached hydrogens (tertiary/aromatic N) is 1. The van der Waals surface area contributed by atoms with E-state index >= 15 is 0 Å². The van der Waals surface area contributed by atoms with E-state index in [0.717, 1.165) is 31.5 Å². The minimum absolute atomic E-state index is 0.00146. The molecule has 0 bridgehead atoms. The van der Waals surface area contributed by atoms with Crippen LogP contribution < -0.4 is 5.32 Å². The molecule has 0 unspecified atom stereocenters. The summed E-state index contributed by atoms with van der Waals surface area (Å²) < 4.78 is 0. The fraction of sp³-hybridized carbons (Fsp3) is 0.556. The lowest BCUT2D eigenvalue weighted by atomic mass is 9.96. The van der Waals surface area contributed by atoms with Crippen molar-refractivity contribution in [3.63, 3.8) is 0 Å². The van der Waals surface area contributed by atoms with Gasteiger partial charge in [-0.2, -0.15) is 0 Å². The van der Waals surface area contributed by atoms with Gasteiger partial charge >= 0.3 is 0 Å². The zero-order chi connectivity index (χ0) is 16.6. The Kier molecular flexibility index (Phi) is 4.37. The van der Waals surface area contributed by atoms with Gasteiger partial charge in [0.05, 0.1) is 0 Å². The van der Waals surface area contributed by atoms with Crippen LogP contribution in [0.5, 0.6) is 0 Å². The minimum Gasteiger partial charge on any atom is -0.342 e. The molecule has 4 nitrogen and oxygen atoms in total. The summed E-state index contributed by atoms with van der Waals surface area (Å²) in [6.45, 7) is 5.62. The van der Waals surface area contributed by atoms with Crippen molar-refractivity contribution in [1.29, 1.82) is 0 Å². The fourth-order valence-electron chi connectivity index (χ4n) is 3.16. The van der Waals surface area contributed by atoms with E-state index in [4.69, 9.17) is 11.6 Å². The zero-order valence-corrected chi connectivity index (χ0v) is 14.4. The molecule has 2 aliphatic rings. The molecule has 1 aliphatic heterocycles. The number of nitrogens with one attached hydrogen (secondary N) is 1. The number of halogens is 1. The predicted octanol–water partition coefficient (Wildman–Crippen LogP) is 3.63. The summed E-state index contributed by atoms with van der Waals surface area (Å²) in [5, 5.41) is 3.53. The van der Waals surface area contributed by atoms with Crippen molar-refractivity contribution >= 4 is 29.1 Å². The highest BCUT2D eigenvalue weighted by Gasteiger charge is 2.58. The number of amides is 2. The normalized spacial score (nSPS) is 20.2. The first-order valence-electron chi connectivity index (χ1n) is 8.30. The summed E-state index contributed by atoms with van der Waals surface area (Å²) in [6, 6.07) is 5.42. The summed E-state index contributed by atoms with van der Waals surface area (Å²) in [7, 11) is 0. The van der Waals surface area contributed by atoms with Gasteiger partial charge in [-0.1, -0.05) is 24.6 Å². The van der Waals surface area contributed by atoms with Gasteiger partial charge in [0.25, 0.3) is 0 Å². The monoisotopic (exact) mass is 334 g/mol. The molecule has 1 heterocycles. The molecule has 1 saturated heterocycles. The number of carbonyl (C=O) groups excluding carboxylic acids is 2. The number of likely N-dealkylation sites (tertiary alicyclic amines) is 1. The number of piperidine rings is 1. The van der Waals surface area contributed by atoms with Crippen molar-refractivity contribution in [2.24, 2.45) is 11.3 Å². The lowest BCUT2D eigenvalue weighted by Gasteiger charge is -2.32.